The number of carbonyl (C=O) groups is 1. The largest absolute Gasteiger partial charge is 0.384 e. The van der Waals surface area contributed by atoms with Crippen LogP contribution in [0.2, 0.25) is 0 Å². The van der Waals surface area contributed by atoms with Gasteiger partial charge >= 0.3 is 0 Å². The Labute approximate surface area is 153 Å². The van der Waals surface area contributed by atoms with E-state index in [2.05, 4.69) is 17.2 Å². The van der Waals surface area contributed by atoms with Gasteiger partial charge in [-0.3, -0.25) is 4.79 Å². The summed E-state index contributed by atoms with van der Waals surface area (Å²) in [4.78, 5) is 20.7. The molecule has 3 rings (SSSR count). The molecule has 1 fully saturated rings. The molecule has 0 atom stereocenters. The number of nitrogens with zero attached hydrogens (tertiary/aromatic N) is 3. The summed E-state index contributed by atoms with van der Waals surface area (Å²) < 4.78 is 13.9. The Bertz CT molecular complexity index is 727. The van der Waals surface area contributed by atoms with Crippen molar-refractivity contribution in [1.29, 1.82) is 0 Å². The van der Waals surface area contributed by atoms with Crippen molar-refractivity contribution in [2.24, 2.45) is 0 Å². The second-order valence-corrected chi connectivity index (χ2v) is 6.44. The van der Waals surface area contributed by atoms with Crippen LogP contribution in [0.5, 0.6) is 0 Å². The number of amides is 1. The van der Waals surface area contributed by atoms with Crippen LogP contribution in [0.1, 0.15) is 30.3 Å². The van der Waals surface area contributed by atoms with E-state index in [-0.39, 0.29) is 11.7 Å². The Morgan fingerprint density at radius 2 is 1.92 bits per heavy atom. The summed E-state index contributed by atoms with van der Waals surface area (Å²) in [5, 5.41) is 3.29. The molecule has 1 amide bonds. The number of rotatable bonds is 6. The van der Waals surface area contributed by atoms with Crippen molar-refractivity contribution in [3.8, 4) is 0 Å². The summed E-state index contributed by atoms with van der Waals surface area (Å²) in [6.07, 6.45) is 3.95. The Balaban J connectivity index is 1.56. The maximum Gasteiger partial charge on any atom is 0.272 e. The van der Waals surface area contributed by atoms with Gasteiger partial charge in [0.25, 0.3) is 5.91 Å². The van der Waals surface area contributed by atoms with Gasteiger partial charge in [0.1, 0.15) is 11.5 Å². The quantitative estimate of drug-likeness (QED) is 0.806. The first-order chi connectivity index (χ1) is 12.7. The minimum Gasteiger partial charge on any atom is -0.384 e. The number of carbonyl (C=O) groups excluding carboxylic acids is 1. The summed E-state index contributed by atoms with van der Waals surface area (Å²) in [6, 6.07) is 10.4. The highest BCUT2D eigenvalue weighted by atomic mass is 19.1. The van der Waals surface area contributed by atoms with Crippen molar-refractivity contribution in [1.82, 2.24) is 9.88 Å². The van der Waals surface area contributed by atoms with Crippen LogP contribution >= 0.6 is 0 Å². The average molecular weight is 356 g/mol. The first-order valence-corrected chi connectivity index (χ1v) is 9.17. The van der Waals surface area contributed by atoms with E-state index in [4.69, 9.17) is 0 Å². The molecule has 2 heterocycles. The Morgan fingerprint density at radius 1 is 1.15 bits per heavy atom. The lowest BCUT2D eigenvalue weighted by atomic mass is 10.2. The molecule has 1 aliphatic heterocycles. The lowest BCUT2D eigenvalue weighted by Crippen LogP contribution is -2.49. The minimum absolute atomic E-state index is 0.0710. The number of piperazine rings is 1. The van der Waals surface area contributed by atoms with E-state index < -0.39 is 0 Å². The predicted octanol–water partition coefficient (Wildman–Crippen LogP) is 3.40. The fourth-order valence-corrected chi connectivity index (χ4v) is 3.06. The zero-order valence-corrected chi connectivity index (χ0v) is 15.1. The van der Waals surface area contributed by atoms with Crippen LogP contribution in [0, 0.1) is 5.82 Å². The zero-order valence-electron chi connectivity index (χ0n) is 15.1. The Kier molecular flexibility index (Phi) is 6.04. The topological polar surface area (TPSA) is 48.5 Å². The van der Waals surface area contributed by atoms with Crippen LogP contribution in [0.25, 0.3) is 0 Å². The van der Waals surface area contributed by atoms with Crippen molar-refractivity contribution in [3.05, 3.63) is 54.1 Å². The van der Waals surface area contributed by atoms with Gasteiger partial charge in [-0.05, 0) is 30.7 Å². The molecule has 1 aromatic heterocycles. The van der Waals surface area contributed by atoms with E-state index in [0.717, 1.165) is 25.1 Å². The number of hydrogen-bond donors (Lipinski definition) is 1. The van der Waals surface area contributed by atoms with Crippen molar-refractivity contribution in [3.63, 3.8) is 0 Å². The molecule has 5 nitrogen and oxygen atoms in total. The molecule has 1 N–H and O–H groups in total. The third-order valence-corrected chi connectivity index (χ3v) is 4.60. The van der Waals surface area contributed by atoms with Crippen molar-refractivity contribution >= 4 is 17.3 Å². The van der Waals surface area contributed by atoms with Crippen LogP contribution in [0.3, 0.4) is 0 Å². The van der Waals surface area contributed by atoms with E-state index in [1.54, 1.807) is 29.3 Å². The van der Waals surface area contributed by atoms with E-state index in [0.29, 0.717) is 37.6 Å². The molecule has 0 radical (unpaired) electrons. The molecule has 0 bridgehead atoms. The summed E-state index contributed by atoms with van der Waals surface area (Å²) in [5.74, 6) is -0.293. The third kappa shape index (κ3) is 4.31. The first-order valence-electron chi connectivity index (χ1n) is 9.17. The molecule has 0 spiro atoms. The SMILES string of the molecule is CCCCNc1ccc(C(=O)N2CCN(c3ccccc3F)CC2)nc1. The Morgan fingerprint density at radius 3 is 2.58 bits per heavy atom. The van der Waals surface area contributed by atoms with Gasteiger partial charge in [-0.25, -0.2) is 9.37 Å². The van der Waals surface area contributed by atoms with Gasteiger partial charge in [0.05, 0.1) is 17.6 Å². The molecular weight excluding hydrogens is 331 g/mol. The van der Waals surface area contributed by atoms with Gasteiger partial charge in [-0.15, -0.1) is 0 Å². The molecular formula is C20H25FN4O. The fourth-order valence-electron chi connectivity index (χ4n) is 3.06. The second-order valence-electron chi connectivity index (χ2n) is 6.44. The monoisotopic (exact) mass is 356 g/mol. The van der Waals surface area contributed by atoms with Gasteiger partial charge in [0, 0.05) is 32.7 Å². The maximum atomic E-state index is 13.9. The summed E-state index contributed by atoms with van der Waals surface area (Å²) in [7, 11) is 0. The van der Waals surface area contributed by atoms with Crippen molar-refractivity contribution < 1.29 is 9.18 Å². The number of unbranched alkanes of at least 4 members (excludes halogenated alkanes) is 1. The molecule has 1 saturated heterocycles. The van der Waals surface area contributed by atoms with Crippen LogP contribution < -0.4 is 10.2 Å². The van der Waals surface area contributed by atoms with Crippen molar-refractivity contribution in [2.75, 3.05) is 42.9 Å². The highest BCUT2D eigenvalue weighted by molar-refractivity contribution is 5.92. The number of nitrogens with one attached hydrogen (secondary N) is 1. The summed E-state index contributed by atoms with van der Waals surface area (Å²) in [6.45, 7) is 5.40. The van der Waals surface area contributed by atoms with E-state index in [1.165, 1.54) is 6.07 Å². The Hall–Kier alpha value is -2.63. The first kappa shape index (κ1) is 18.2. The molecule has 0 unspecified atom stereocenters. The number of pyridine rings is 1. The van der Waals surface area contributed by atoms with Crippen LogP contribution in [-0.4, -0.2) is 48.5 Å². The molecule has 138 valence electrons. The van der Waals surface area contributed by atoms with E-state index in [9.17, 15) is 9.18 Å². The summed E-state index contributed by atoms with van der Waals surface area (Å²) >= 11 is 0. The number of para-hydroxylation sites is 1. The molecule has 2 aromatic rings. The fraction of sp³-hybridized carbons (Fsp3) is 0.400. The number of halogens is 1. The molecule has 6 heteroatoms. The molecule has 0 saturated carbocycles. The standard InChI is InChI=1S/C20H25FN4O/c1-2-3-10-22-16-8-9-18(23-15-16)20(26)25-13-11-24(12-14-25)19-7-5-4-6-17(19)21/h4-9,15,22H,2-3,10-14H2,1H3. The van der Waals surface area contributed by atoms with E-state index >= 15 is 0 Å². The van der Waals surface area contributed by atoms with Gasteiger partial charge in [-0.2, -0.15) is 0 Å². The number of aromatic nitrogens is 1. The summed E-state index contributed by atoms with van der Waals surface area (Å²) in [5.41, 5.74) is 1.98. The third-order valence-electron chi connectivity index (χ3n) is 4.60. The molecule has 1 aromatic carbocycles. The van der Waals surface area contributed by atoms with Gasteiger partial charge < -0.3 is 15.1 Å². The highest BCUT2D eigenvalue weighted by Crippen LogP contribution is 2.20. The smallest absolute Gasteiger partial charge is 0.272 e. The lowest BCUT2D eigenvalue weighted by Gasteiger charge is -2.36. The van der Waals surface area contributed by atoms with Gasteiger partial charge in [-0.1, -0.05) is 25.5 Å². The number of hydrogen-bond acceptors (Lipinski definition) is 4. The molecule has 0 aliphatic carbocycles. The highest BCUT2D eigenvalue weighted by Gasteiger charge is 2.24. The van der Waals surface area contributed by atoms with Crippen LogP contribution in [-0.2, 0) is 0 Å². The zero-order chi connectivity index (χ0) is 18.4. The molecule has 26 heavy (non-hydrogen) atoms. The van der Waals surface area contributed by atoms with Crippen LogP contribution in [0.15, 0.2) is 42.6 Å². The average Bonchev–Trinajstić information content (AvgIpc) is 2.69. The normalized spacial score (nSPS) is 14.4. The van der Waals surface area contributed by atoms with Crippen molar-refractivity contribution in [2.45, 2.75) is 19.8 Å². The second kappa shape index (κ2) is 8.65. The van der Waals surface area contributed by atoms with E-state index in [1.807, 2.05) is 17.0 Å². The molecule has 1 aliphatic rings. The van der Waals surface area contributed by atoms with Gasteiger partial charge in [0.15, 0.2) is 0 Å². The van der Waals surface area contributed by atoms with Gasteiger partial charge in [0.2, 0.25) is 0 Å². The lowest BCUT2D eigenvalue weighted by molar-refractivity contribution is 0.0741. The predicted molar refractivity (Wildman–Crippen MR) is 102 cm³/mol. The maximum absolute atomic E-state index is 13.9. The number of anilines is 2. The van der Waals surface area contributed by atoms with Crippen LogP contribution in [0.4, 0.5) is 15.8 Å². The number of benzene rings is 1. The minimum atomic E-state index is -0.222.